The number of anilines is 1. The molecule has 1 aromatic heterocycles. The van der Waals surface area contributed by atoms with Gasteiger partial charge in [-0.15, -0.1) is 0 Å². The summed E-state index contributed by atoms with van der Waals surface area (Å²) in [5.74, 6) is 0.355. The van der Waals surface area contributed by atoms with E-state index >= 15 is 0 Å². The lowest BCUT2D eigenvalue weighted by atomic mass is 10.2. The van der Waals surface area contributed by atoms with Crippen molar-refractivity contribution < 1.29 is 17.9 Å². The smallest absolute Gasteiger partial charge is 0.319 e. The number of rotatable bonds is 6. The molecule has 0 atom stereocenters. The lowest BCUT2D eigenvalue weighted by Gasteiger charge is -2.15. The van der Waals surface area contributed by atoms with Gasteiger partial charge in [0.05, 0.1) is 23.4 Å². The second-order valence-electron chi connectivity index (χ2n) is 5.87. The van der Waals surface area contributed by atoms with Crippen LogP contribution in [0.2, 0.25) is 0 Å². The van der Waals surface area contributed by atoms with E-state index in [0.29, 0.717) is 5.75 Å². The molecule has 0 saturated carbocycles. The van der Waals surface area contributed by atoms with Crippen LogP contribution in [0.25, 0.3) is 0 Å². The quantitative estimate of drug-likeness (QED) is 0.703. The Morgan fingerprint density at radius 1 is 1.31 bits per heavy atom. The van der Waals surface area contributed by atoms with Crippen LogP contribution in [0.3, 0.4) is 0 Å². The molecule has 1 aromatic carbocycles. The molecule has 0 bridgehead atoms. The predicted octanol–water partition coefficient (Wildman–Crippen LogP) is 1.61. The van der Waals surface area contributed by atoms with Crippen molar-refractivity contribution in [1.82, 2.24) is 19.8 Å². The molecule has 1 heterocycles. The van der Waals surface area contributed by atoms with Gasteiger partial charge in [-0.1, -0.05) is 0 Å². The molecule has 2 amide bonds. The fourth-order valence-electron chi connectivity index (χ4n) is 2.33. The minimum absolute atomic E-state index is 0.0557. The average Bonchev–Trinajstić information content (AvgIpc) is 2.91. The summed E-state index contributed by atoms with van der Waals surface area (Å²) in [6.07, 6.45) is 0. The number of aryl methyl sites for hydroxylation is 2. The summed E-state index contributed by atoms with van der Waals surface area (Å²) in [6.45, 7) is 4.00. The number of benzene rings is 1. The Labute approximate surface area is 152 Å². The van der Waals surface area contributed by atoms with Gasteiger partial charge in [-0.3, -0.25) is 5.10 Å². The van der Waals surface area contributed by atoms with Gasteiger partial charge in [-0.2, -0.15) is 5.10 Å². The van der Waals surface area contributed by atoms with Crippen LogP contribution in [0, 0.1) is 13.8 Å². The standard InChI is InChI=1S/C16H23N5O4S/c1-10-13(11(2)20-19-10)9-17-16(22)18-14-8-12(6-7-15(14)25-5)26(23,24)21(3)4/h6-8H,9H2,1-5H3,(H,19,20)(H2,17,18,22). The number of nitrogens with one attached hydrogen (secondary N) is 3. The molecule has 3 N–H and O–H groups in total. The van der Waals surface area contributed by atoms with Gasteiger partial charge in [0, 0.05) is 31.9 Å². The Morgan fingerprint density at radius 2 is 2.00 bits per heavy atom. The lowest BCUT2D eigenvalue weighted by Crippen LogP contribution is -2.29. The number of ether oxygens (including phenoxy) is 1. The second-order valence-corrected chi connectivity index (χ2v) is 8.02. The predicted molar refractivity (Wildman–Crippen MR) is 97.8 cm³/mol. The first-order chi connectivity index (χ1) is 12.2. The van der Waals surface area contributed by atoms with E-state index in [1.807, 2.05) is 13.8 Å². The van der Waals surface area contributed by atoms with Gasteiger partial charge in [0.25, 0.3) is 0 Å². The normalized spacial score (nSPS) is 11.5. The van der Waals surface area contributed by atoms with Crippen molar-refractivity contribution in [3.63, 3.8) is 0 Å². The third kappa shape index (κ3) is 4.14. The lowest BCUT2D eigenvalue weighted by molar-refractivity contribution is 0.251. The summed E-state index contributed by atoms with van der Waals surface area (Å²) in [6, 6.07) is 3.80. The third-order valence-electron chi connectivity index (χ3n) is 3.90. The molecule has 142 valence electrons. The molecule has 0 aliphatic rings. The number of nitrogens with zero attached hydrogens (tertiary/aromatic N) is 2. The number of aromatic nitrogens is 2. The van der Waals surface area contributed by atoms with Crippen molar-refractivity contribution >= 4 is 21.7 Å². The number of carbonyl (C=O) groups excluding carboxylic acids is 1. The highest BCUT2D eigenvalue weighted by Crippen LogP contribution is 2.28. The van der Waals surface area contributed by atoms with Crippen molar-refractivity contribution in [2.24, 2.45) is 0 Å². The molecule has 0 spiro atoms. The maximum atomic E-state index is 12.3. The molecule has 0 radical (unpaired) electrons. The number of hydrogen-bond donors (Lipinski definition) is 3. The van der Waals surface area contributed by atoms with E-state index in [1.54, 1.807) is 0 Å². The van der Waals surface area contributed by atoms with Gasteiger partial charge in [0.2, 0.25) is 10.0 Å². The summed E-state index contributed by atoms with van der Waals surface area (Å²) in [5, 5.41) is 12.3. The number of urea groups is 1. The van der Waals surface area contributed by atoms with Crippen LogP contribution in [0.15, 0.2) is 23.1 Å². The Kier molecular flexibility index (Phi) is 5.88. The molecule has 0 aliphatic heterocycles. The number of methoxy groups -OCH3 is 1. The van der Waals surface area contributed by atoms with E-state index in [2.05, 4.69) is 20.8 Å². The first-order valence-electron chi connectivity index (χ1n) is 7.82. The van der Waals surface area contributed by atoms with E-state index in [4.69, 9.17) is 4.74 Å². The summed E-state index contributed by atoms with van der Waals surface area (Å²) in [7, 11) is 0.695. The topological polar surface area (TPSA) is 116 Å². The number of aromatic amines is 1. The van der Waals surface area contributed by atoms with Crippen molar-refractivity contribution in [2.45, 2.75) is 25.3 Å². The zero-order chi connectivity index (χ0) is 19.5. The largest absolute Gasteiger partial charge is 0.495 e. The molecule has 0 aliphatic carbocycles. The van der Waals surface area contributed by atoms with Gasteiger partial charge >= 0.3 is 6.03 Å². The van der Waals surface area contributed by atoms with Crippen molar-refractivity contribution in [2.75, 3.05) is 26.5 Å². The molecule has 0 unspecified atom stereocenters. The first-order valence-corrected chi connectivity index (χ1v) is 9.26. The molecule has 9 nitrogen and oxygen atoms in total. The Morgan fingerprint density at radius 3 is 2.54 bits per heavy atom. The summed E-state index contributed by atoms with van der Waals surface area (Å²) in [5.41, 5.74) is 2.84. The Balaban J connectivity index is 2.18. The summed E-state index contributed by atoms with van der Waals surface area (Å²) >= 11 is 0. The van der Waals surface area contributed by atoms with E-state index in [0.717, 1.165) is 21.3 Å². The van der Waals surface area contributed by atoms with Crippen LogP contribution < -0.4 is 15.4 Å². The number of sulfonamides is 1. The number of hydrogen-bond acceptors (Lipinski definition) is 5. The molecule has 0 fully saturated rings. The van der Waals surface area contributed by atoms with E-state index in [9.17, 15) is 13.2 Å². The molecule has 26 heavy (non-hydrogen) atoms. The van der Waals surface area contributed by atoms with E-state index in [1.165, 1.54) is 39.4 Å². The third-order valence-corrected chi connectivity index (χ3v) is 5.72. The van der Waals surface area contributed by atoms with Crippen LogP contribution in [0.4, 0.5) is 10.5 Å². The zero-order valence-electron chi connectivity index (χ0n) is 15.4. The van der Waals surface area contributed by atoms with Crippen molar-refractivity contribution in [3.05, 3.63) is 35.2 Å². The molecule has 0 saturated heterocycles. The minimum Gasteiger partial charge on any atom is -0.495 e. The Bertz CT molecular complexity index is 886. The van der Waals surface area contributed by atoms with Gasteiger partial charge in [0.1, 0.15) is 5.75 Å². The number of amides is 2. The highest BCUT2D eigenvalue weighted by molar-refractivity contribution is 7.89. The molecule has 10 heteroatoms. The monoisotopic (exact) mass is 381 g/mol. The van der Waals surface area contributed by atoms with Crippen LogP contribution in [-0.2, 0) is 16.6 Å². The van der Waals surface area contributed by atoms with Crippen LogP contribution >= 0.6 is 0 Å². The molecule has 2 aromatic rings. The first kappa shape index (κ1) is 19.7. The molecular weight excluding hydrogens is 358 g/mol. The number of carbonyl (C=O) groups is 1. The fourth-order valence-corrected chi connectivity index (χ4v) is 3.25. The average molecular weight is 381 g/mol. The highest BCUT2D eigenvalue weighted by atomic mass is 32.2. The minimum atomic E-state index is -3.63. The van der Waals surface area contributed by atoms with Crippen molar-refractivity contribution in [3.8, 4) is 5.75 Å². The van der Waals surface area contributed by atoms with Gasteiger partial charge in [-0.05, 0) is 32.0 Å². The highest BCUT2D eigenvalue weighted by Gasteiger charge is 2.20. The maximum Gasteiger partial charge on any atom is 0.319 e. The van der Waals surface area contributed by atoms with Gasteiger partial charge in [-0.25, -0.2) is 17.5 Å². The van der Waals surface area contributed by atoms with Gasteiger partial charge in [0.15, 0.2) is 0 Å². The Hall–Kier alpha value is -2.59. The van der Waals surface area contributed by atoms with Gasteiger partial charge < -0.3 is 15.4 Å². The van der Waals surface area contributed by atoms with Crippen LogP contribution in [0.5, 0.6) is 5.75 Å². The van der Waals surface area contributed by atoms with Crippen molar-refractivity contribution in [1.29, 1.82) is 0 Å². The second kappa shape index (κ2) is 7.75. The number of H-pyrrole nitrogens is 1. The van der Waals surface area contributed by atoms with E-state index < -0.39 is 16.1 Å². The fraction of sp³-hybridized carbons (Fsp3) is 0.375. The maximum absolute atomic E-state index is 12.3. The summed E-state index contributed by atoms with van der Waals surface area (Å²) in [4.78, 5) is 12.3. The van der Waals surface area contributed by atoms with Crippen LogP contribution in [0.1, 0.15) is 17.0 Å². The molecular formula is C16H23N5O4S. The van der Waals surface area contributed by atoms with Crippen LogP contribution in [-0.4, -0.2) is 50.2 Å². The molecule has 2 rings (SSSR count). The zero-order valence-corrected chi connectivity index (χ0v) is 16.2. The summed E-state index contributed by atoms with van der Waals surface area (Å²) < 4.78 is 30.8. The SMILES string of the molecule is COc1ccc(S(=O)(=O)N(C)C)cc1NC(=O)NCc1c(C)n[nH]c1C. The van der Waals surface area contributed by atoms with E-state index in [-0.39, 0.29) is 17.1 Å².